The molecule has 0 aliphatic carbocycles. The normalized spacial score (nSPS) is 17.2. The maximum Gasteiger partial charge on any atom is 0.00188 e. The van der Waals surface area contributed by atoms with Crippen molar-refractivity contribution < 1.29 is 0 Å². The molecule has 0 amide bonds. The minimum atomic E-state index is 0.949. The smallest absolute Gasteiger partial charge is 0.00188 e. The van der Waals surface area contributed by atoms with Crippen molar-refractivity contribution >= 4 is 0 Å². The van der Waals surface area contributed by atoms with Crippen molar-refractivity contribution in [1.29, 1.82) is 0 Å². The largest absolute Gasteiger partial charge is 0.317 e. The Morgan fingerprint density at radius 1 is 1.11 bits per heavy atom. The first-order chi connectivity index (χ1) is 8.84. The average Bonchev–Trinajstić information content (AvgIpc) is 2.45. The number of rotatable bonds is 6. The molecule has 1 heterocycles. The summed E-state index contributed by atoms with van der Waals surface area (Å²) < 4.78 is 0. The molecular weight excluding hydrogens is 220 g/mol. The summed E-state index contributed by atoms with van der Waals surface area (Å²) >= 11 is 0. The Balaban J connectivity index is 1.61. The van der Waals surface area contributed by atoms with Gasteiger partial charge in [-0.1, -0.05) is 30.3 Å². The number of benzene rings is 1. The van der Waals surface area contributed by atoms with Crippen LogP contribution in [0.1, 0.15) is 24.8 Å². The van der Waals surface area contributed by atoms with Crippen molar-refractivity contribution in [3.63, 3.8) is 0 Å². The highest BCUT2D eigenvalue weighted by atomic mass is 15.1. The van der Waals surface area contributed by atoms with Crippen LogP contribution in [-0.2, 0) is 6.42 Å². The molecule has 0 radical (unpaired) electrons. The topological polar surface area (TPSA) is 15.3 Å². The number of likely N-dealkylation sites (N-methyl/N-ethyl adjacent to an activating group) is 1. The third kappa shape index (κ3) is 4.79. The van der Waals surface area contributed by atoms with Gasteiger partial charge < -0.3 is 10.2 Å². The molecule has 1 saturated heterocycles. The molecule has 2 nitrogen and oxygen atoms in total. The molecule has 1 fully saturated rings. The van der Waals surface area contributed by atoms with E-state index < -0.39 is 0 Å². The zero-order chi connectivity index (χ0) is 12.6. The van der Waals surface area contributed by atoms with E-state index in [1.54, 1.807) is 0 Å². The second-order valence-corrected chi connectivity index (χ2v) is 5.52. The number of nitrogens with zero attached hydrogens (tertiary/aromatic N) is 1. The van der Waals surface area contributed by atoms with E-state index in [-0.39, 0.29) is 0 Å². The highest BCUT2D eigenvalue weighted by Gasteiger charge is 2.13. The molecule has 1 aromatic rings. The monoisotopic (exact) mass is 246 g/mol. The van der Waals surface area contributed by atoms with Crippen molar-refractivity contribution in [1.82, 2.24) is 10.2 Å². The zero-order valence-electron chi connectivity index (χ0n) is 11.6. The minimum Gasteiger partial charge on any atom is -0.317 e. The van der Waals surface area contributed by atoms with Gasteiger partial charge >= 0.3 is 0 Å². The van der Waals surface area contributed by atoms with Crippen LogP contribution in [0, 0.1) is 5.92 Å². The van der Waals surface area contributed by atoms with Gasteiger partial charge in [-0.05, 0) is 63.8 Å². The highest BCUT2D eigenvalue weighted by molar-refractivity contribution is 5.14. The van der Waals surface area contributed by atoms with Gasteiger partial charge in [0.05, 0.1) is 0 Å². The van der Waals surface area contributed by atoms with Crippen molar-refractivity contribution in [2.75, 3.05) is 33.2 Å². The lowest BCUT2D eigenvalue weighted by molar-refractivity contribution is 0.273. The van der Waals surface area contributed by atoms with Crippen LogP contribution >= 0.6 is 0 Å². The third-order valence-electron chi connectivity index (χ3n) is 4.00. The Morgan fingerprint density at radius 2 is 1.83 bits per heavy atom. The summed E-state index contributed by atoms with van der Waals surface area (Å²) in [4.78, 5) is 2.48. The van der Waals surface area contributed by atoms with E-state index in [9.17, 15) is 0 Å². The molecule has 0 spiro atoms. The Hall–Kier alpha value is -0.860. The van der Waals surface area contributed by atoms with E-state index in [1.165, 1.54) is 57.4 Å². The van der Waals surface area contributed by atoms with Crippen LogP contribution < -0.4 is 5.32 Å². The standard InChI is InChI=1S/C16H26N2/c1-18(13-9-15-5-3-2-4-6-15)14-10-16-7-11-17-12-8-16/h2-6,16-17H,7-14H2,1H3. The van der Waals surface area contributed by atoms with E-state index in [2.05, 4.69) is 47.6 Å². The lowest BCUT2D eigenvalue weighted by Gasteiger charge is -2.25. The Labute approximate surface area is 111 Å². The summed E-state index contributed by atoms with van der Waals surface area (Å²) in [6.07, 6.45) is 5.27. The van der Waals surface area contributed by atoms with Crippen LogP contribution in [0.2, 0.25) is 0 Å². The molecule has 0 bridgehead atoms. The average molecular weight is 246 g/mol. The molecular formula is C16H26N2. The van der Waals surface area contributed by atoms with Crippen molar-refractivity contribution in [2.24, 2.45) is 5.92 Å². The zero-order valence-corrected chi connectivity index (χ0v) is 11.6. The summed E-state index contributed by atoms with van der Waals surface area (Å²) in [6, 6.07) is 10.8. The van der Waals surface area contributed by atoms with Crippen LogP contribution in [-0.4, -0.2) is 38.1 Å². The Kier molecular flexibility index (Phi) is 5.69. The molecule has 1 N–H and O–H groups in total. The van der Waals surface area contributed by atoms with E-state index >= 15 is 0 Å². The summed E-state index contributed by atoms with van der Waals surface area (Å²) in [5, 5.41) is 3.44. The molecule has 1 aliphatic rings. The Bertz CT molecular complexity index is 317. The maximum absolute atomic E-state index is 3.44. The fraction of sp³-hybridized carbons (Fsp3) is 0.625. The molecule has 18 heavy (non-hydrogen) atoms. The van der Waals surface area contributed by atoms with Crippen LogP contribution in [0.3, 0.4) is 0 Å². The van der Waals surface area contributed by atoms with Crippen molar-refractivity contribution in [3.8, 4) is 0 Å². The first-order valence-electron chi connectivity index (χ1n) is 7.28. The van der Waals surface area contributed by atoms with Gasteiger partial charge in [0.2, 0.25) is 0 Å². The molecule has 1 aliphatic heterocycles. The molecule has 0 aromatic heterocycles. The Morgan fingerprint density at radius 3 is 2.56 bits per heavy atom. The first-order valence-corrected chi connectivity index (χ1v) is 7.28. The second-order valence-electron chi connectivity index (χ2n) is 5.52. The van der Waals surface area contributed by atoms with Gasteiger partial charge in [-0.15, -0.1) is 0 Å². The molecule has 2 rings (SSSR count). The van der Waals surface area contributed by atoms with Crippen LogP contribution in [0.4, 0.5) is 0 Å². The fourth-order valence-electron chi connectivity index (χ4n) is 2.65. The summed E-state index contributed by atoms with van der Waals surface area (Å²) in [5.41, 5.74) is 1.45. The van der Waals surface area contributed by atoms with Gasteiger partial charge in [0.15, 0.2) is 0 Å². The van der Waals surface area contributed by atoms with Gasteiger partial charge in [0.1, 0.15) is 0 Å². The maximum atomic E-state index is 3.44. The lowest BCUT2D eigenvalue weighted by atomic mass is 9.94. The summed E-state index contributed by atoms with van der Waals surface area (Å²) in [5.74, 6) is 0.949. The highest BCUT2D eigenvalue weighted by Crippen LogP contribution is 2.16. The number of hydrogen-bond donors (Lipinski definition) is 1. The number of piperidine rings is 1. The predicted octanol–water partition coefficient (Wildman–Crippen LogP) is 2.55. The van der Waals surface area contributed by atoms with Crippen molar-refractivity contribution in [3.05, 3.63) is 35.9 Å². The van der Waals surface area contributed by atoms with Gasteiger partial charge in [-0.25, -0.2) is 0 Å². The third-order valence-corrected chi connectivity index (χ3v) is 4.00. The van der Waals surface area contributed by atoms with Gasteiger partial charge in [-0.3, -0.25) is 0 Å². The number of hydrogen-bond acceptors (Lipinski definition) is 2. The van der Waals surface area contributed by atoms with Gasteiger partial charge in [-0.2, -0.15) is 0 Å². The quantitative estimate of drug-likeness (QED) is 0.830. The molecule has 1 aromatic carbocycles. The number of nitrogens with one attached hydrogen (secondary N) is 1. The van der Waals surface area contributed by atoms with E-state index in [1.807, 2.05) is 0 Å². The summed E-state index contributed by atoms with van der Waals surface area (Å²) in [6.45, 7) is 4.86. The molecule has 0 saturated carbocycles. The molecule has 100 valence electrons. The van der Waals surface area contributed by atoms with Crippen molar-refractivity contribution in [2.45, 2.75) is 25.7 Å². The fourth-order valence-corrected chi connectivity index (χ4v) is 2.65. The van der Waals surface area contributed by atoms with Crippen LogP contribution in [0.5, 0.6) is 0 Å². The van der Waals surface area contributed by atoms with Gasteiger partial charge in [0.25, 0.3) is 0 Å². The van der Waals surface area contributed by atoms with Gasteiger partial charge in [0, 0.05) is 6.54 Å². The first kappa shape index (κ1) is 13.6. The molecule has 2 heteroatoms. The molecule has 0 unspecified atom stereocenters. The SMILES string of the molecule is CN(CCc1ccccc1)CCC1CCNCC1. The van der Waals surface area contributed by atoms with E-state index in [0.717, 1.165) is 5.92 Å². The minimum absolute atomic E-state index is 0.949. The van der Waals surface area contributed by atoms with Crippen LogP contribution in [0.25, 0.3) is 0 Å². The second kappa shape index (κ2) is 7.55. The van der Waals surface area contributed by atoms with E-state index in [4.69, 9.17) is 0 Å². The lowest BCUT2D eigenvalue weighted by Crippen LogP contribution is -2.30. The van der Waals surface area contributed by atoms with Crippen LogP contribution in [0.15, 0.2) is 30.3 Å². The van der Waals surface area contributed by atoms with E-state index in [0.29, 0.717) is 0 Å². The predicted molar refractivity (Wildman–Crippen MR) is 77.9 cm³/mol. The molecule has 0 atom stereocenters. The summed E-state index contributed by atoms with van der Waals surface area (Å²) in [7, 11) is 2.25.